The average Bonchev–Trinajstić information content (AvgIpc) is 3.11. The van der Waals surface area contributed by atoms with Crippen LogP contribution in [-0.4, -0.2) is 49.9 Å². The van der Waals surface area contributed by atoms with Crippen molar-refractivity contribution in [2.75, 3.05) is 24.6 Å². The van der Waals surface area contributed by atoms with E-state index < -0.39 is 5.54 Å². The zero-order valence-electron chi connectivity index (χ0n) is 13.3. The van der Waals surface area contributed by atoms with Crippen molar-refractivity contribution in [2.45, 2.75) is 18.4 Å². The summed E-state index contributed by atoms with van der Waals surface area (Å²) in [6, 6.07) is 12.1. The fourth-order valence-electron chi connectivity index (χ4n) is 3.12. The Kier molecular flexibility index (Phi) is 3.66. The average molecular weight is 324 g/mol. The number of aromatic nitrogens is 4. The molecule has 1 aliphatic rings. The van der Waals surface area contributed by atoms with Crippen LogP contribution in [0, 0.1) is 0 Å². The number of aliphatic hydroxyl groups is 1. The lowest BCUT2D eigenvalue weighted by Gasteiger charge is -2.38. The molecule has 0 radical (unpaired) electrons. The van der Waals surface area contributed by atoms with E-state index in [2.05, 4.69) is 20.0 Å². The Balaban J connectivity index is 1.74. The van der Waals surface area contributed by atoms with Crippen molar-refractivity contribution in [3.05, 3.63) is 42.7 Å². The maximum Gasteiger partial charge on any atom is 0.254 e. The molecule has 0 amide bonds. The van der Waals surface area contributed by atoms with Gasteiger partial charge >= 0.3 is 0 Å². The Bertz CT molecular complexity index is 839. The second-order valence-corrected chi connectivity index (χ2v) is 6.34. The Labute approximate surface area is 139 Å². The van der Waals surface area contributed by atoms with Crippen molar-refractivity contribution in [1.29, 1.82) is 0 Å². The number of nitrogens with two attached hydrogens (primary N) is 1. The predicted molar refractivity (Wildman–Crippen MR) is 91.7 cm³/mol. The summed E-state index contributed by atoms with van der Waals surface area (Å²) in [7, 11) is 0. The molecule has 7 nitrogen and oxygen atoms in total. The number of anilines is 1. The maximum absolute atomic E-state index is 9.46. The Hall–Kier alpha value is -2.51. The molecule has 0 unspecified atom stereocenters. The van der Waals surface area contributed by atoms with E-state index in [4.69, 9.17) is 5.73 Å². The molecule has 0 aliphatic carbocycles. The number of nitrogens with zero attached hydrogens (tertiary/aromatic N) is 5. The molecule has 3 aromatic rings. The third-order valence-corrected chi connectivity index (χ3v) is 4.70. The van der Waals surface area contributed by atoms with Gasteiger partial charge in [0.05, 0.1) is 12.3 Å². The monoisotopic (exact) mass is 324 g/mol. The minimum atomic E-state index is -0.479. The van der Waals surface area contributed by atoms with Crippen molar-refractivity contribution in [3.8, 4) is 11.3 Å². The highest BCUT2D eigenvalue weighted by molar-refractivity contribution is 5.65. The van der Waals surface area contributed by atoms with E-state index in [9.17, 15) is 5.11 Å². The van der Waals surface area contributed by atoms with E-state index in [1.165, 1.54) is 6.33 Å². The third kappa shape index (κ3) is 2.61. The van der Waals surface area contributed by atoms with Crippen LogP contribution in [0.5, 0.6) is 0 Å². The van der Waals surface area contributed by atoms with Gasteiger partial charge in [-0.25, -0.2) is 4.98 Å². The van der Waals surface area contributed by atoms with Gasteiger partial charge in [-0.15, -0.1) is 0 Å². The molecular weight excluding hydrogens is 304 g/mol. The summed E-state index contributed by atoms with van der Waals surface area (Å²) in [6.07, 6.45) is 3.00. The van der Waals surface area contributed by atoms with Crippen LogP contribution in [0.3, 0.4) is 0 Å². The summed E-state index contributed by atoms with van der Waals surface area (Å²) < 4.78 is 1.76. The van der Waals surface area contributed by atoms with Gasteiger partial charge in [0, 0.05) is 30.3 Å². The van der Waals surface area contributed by atoms with Gasteiger partial charge in [-0.05, 0) is 12.8 Å². The molecule has 4 rings (SSSR count). The number of hydrogen-bond donors (Lipinski definition) is 2. The van der Waals surface area contributed by atoms with Crippen LogP contribution in [0.4, 0.5) is 5.82 Å². The molecule has 24 heavy (non-hydrogen) atoms. The Morgan fingerprint density at radius 2 is 1.92 bits per heavy atom. The van der Waals surface area contributed by atoms with E-state index in [0.29, 0.717) is 5.78 Å². The highest BCUT2D eigenvalue weighted by Crippen LogP contribution is 2.27. The quantitative estimate of drug-likeness (QED) is 0.749. The van der Waals surface area contributed by atoms with Gasteiger partial charge in [0.1, 0.15) is 12.1 Å². The van der Waals surface area contributed by atoms with Crippen LogP contribution in [0.2, 0.25) is 0 Å². The van der Waals surface area contributed by atoms with Crippen LogP contribution in [0.15, 0.2) is 42.7 Å². The van der Waals surface area contributed by atoms with Crippen LogP contribution in [0.1, 0.15) is 12.8 Å². The molecule has 0 bridgehead atoms. The van der Waals surface area contributed by atoms with E-state index in [-0.39, 0.29) is 6.61 Å². The first-order valence-electron chi connectivity index (χ1n) is 8.09. The zero-order valence-corrected chi connectivity index (χ0v) is 13.3. The van der Waals surface area contributed by atoms with Crippen LogP contribution < -0.4 is 10.6 Å². The lowest BCUT2D eigenvalue weighted by Crippen LogP contribution is -2.53. The molecule has 2 aromatic heterocycles. The topological polar surface area (TPSA) is 92.6 Å². The standard InChI is InChI=1S/C17H20N6O/c18-17(11-24)6-8-22(9-7-17)15-10-14(13-4-2-1-3-5-13)21-16-19-12-20-23(15)16/h1-5,10,12,24H,6-9,11,18H2. The molecule has 0 atom stereocenters. The second-order valence-electron chi connectivity index (χ2n) is 6.34. The first kappa shape index (κ1) is 15.0. The maximum atomic E-state index is 9.46. The van der Waals surface area contributed by atoms with Gasteiger partial charge in [0.15, 0.2) is 0 Å². The molecular formula is C17H20N6O. The fraction of sp³-hybridized carbons (Fsp3) is 0.353. The fourth-order valence-corrected chi connectivity index (χ4v) is 3.12. The normalized spacial score (nSPS) is 17.3. The molecule has 1 fully saturated rings. The number of fused-ring (bicyclic) bond motifs is 1. The molecule has 1 aliphatic heterocycles. The summed E-state index contributed by atoms with van der Waals surface area (Å²) in [5.41, 5.74) is 7.63. The molecule has 1 saturated heterocycles. The molecule has 124 valence electrons. The van der Waals surface area contributed by atoms with Gasteiger partial charge in [-0.2, -0.15) is 14.6 Å². The summed E-state index contributed by atoms with van der Waals surface area (Å²) in [4.78, 5) is 11.1. The van der Waals surface area contributed by atoms with Crippen molar-refractivity contribution < 1.29 is 5.11 Å². The number of benzene rings is 1. The summed E-state index contributed by atoms with van der Waals surface area (Å²) >= 11 is 0. The largest absolute Gasteiger partial charge is 0.394 e. The predicted octanol–water partition coefficient (Wildman–Crippen LogP) is 1.08. The van der Waals surface area contributed by atoms with E-state index in [0.717, 1.165) is 43.0 Å². The summed E-state index contributed by atoms with van der Waals surface area (Å²) in [6.45, 7) is 1.56. The Morgan fingerprint density at radius 3 is 2.62 bits per heavy atom. The lowest BCUT2D eigenvalue weighted by molar-refractivity contribution is 0.170. The van der Waals surface area contributed by atoms with Gasteiger partial charge in [-0.3, -0.25) is 0 Å². The van der Waals surface area contributed by atoms with Gasteiger partial charge < -0.3 is 15.7 Å². The molecule has 7 heteroatoms. The van der Waals surface area contributed by atoms with Crippen LogP contribution in [0.25, 0.3) is 17.0 Å². The number of rotatable bonds is 3. The number of hydrogen-bond acceptors (Lipinski definition) is 6. The van der Waals surface area contributed by atoms with E-state index in [1.807, 2.05) is 36.4 Å². The number of piperidine rings is 1. The van der Waals surface area contributed by atoms with E-state index >= 15 is 0 Å². The van der Waals surface area contributed by atoms with Gasteiger partial charge in [0.2, 0.25) is 0 Å². The highest BCUT2D eigenvalue weighted by atomic mass is 16.3. The van der Waals surface area contributed by atoms with Gasteiger partial charge in [-0.1, -0.05) is 30.3 Å². The number of aliphatic hydroxyl groups excluding tert-OH is 1. The van der Waals surface area contributed by atoms with Crippen LogP contribution >= 0.6 is 0 Å². The molecule has 1 aromatic carbocycles. The third-order valence-electron chi connectivity index (χ3n) is 4.70. The highest BCUT2D eigenvalue weighted by Gasteiger charge is 2.31. The van der Waals surface area contributed by atoms with Gasteiger partial charge in [0.25, 0.3) is 5.78 Å². The second kappa shape index (κ2) is 5.85. The van der Waals surface area contributed by atoms with Crippen molar-refractivity contribution in [2.24, 2.45) is 5.73 Å². The smallest absolute Gasteiger partial charge is 0.254 e. The minimum Gasteiger partial charge on any atom is -0.394 e. The van der Waals surface area contributed by atoms with Crippen molar-refractivity contribution >= 4 is 11.6 Å². The Morgan fingerprint density at radius 1 is 1.17 bits per heavy atom. The summed E-state index contributed by atoms with van der Waals surface area (Å²) in [5.74, 6) is 1.54. The molecule has 3 heterocycles. The molecule has 0 spiro atoms. The van der Waals surface area contributed by atoms with Crippen molar-refractivity contribution in [1.82, 2.24) is 19.6 Å². The van der Waals surface area contributed by atoms with Crippen LogP contribution in [-0.2, 0) is 0 Å². The molecule has 3 N–H and O–H groups in total. The SMILES string of the molecule is NC1(CO)CCN(c2cc(-c3ccccc3)nc3ncnn23)CC1. The minimum absolute atomic E-state index is 0.0190. The lowest BCUT2D eigenvalue weighted by atomic mass is 9.89. The van der Waals surface area contributed by atoms with Crippen molar-refractivity contribution in [3.63, 3.8) is 0 Å². The molecule has 0 saturated carbocycles. The first-order chi connectivity index (χ1) is 11.7. The van der Waals surface area contributed by atoms with E-state index in [1.54, 1.807) is 4.52 Å². The zero-order chi connectivity index (χ0) is 16.6. The summed E-state index contributed by atoms with van der Waals surface area (Å²) in [5, 5.41) is 13.8. The first-order valence-corrected chi connectivity index (χ1v) is 8.09.